The van der Waals surface area contributed by atoms with Crippen molar-refractivity contribution >= 4 is 11.7 Å². The van der Waals surface area contributed by atoms with Crippen LogP contribution >= 0.6 is 0 Å². The topological polar surface area (TPSA) is 85.2 Å². The number of hydrogen-bond donors (Lipinski definition) is 2. The van der Waals surface area contributed by atoms with E-state index < -0.39 is 0 Å². The molecule has 19 heavy (non-hydrogen) atoms. The second-order valence-electron chi connectivity index (χ2n) is 5.30. The molecule has 5 heteroatoms. The van der Waals surface area contributed by atoms with Crippen LogP contribution in [0.1, 0.15) is 31.2 Å². The molecule has 0 aliphatic carbocycles. The van der Waals surface area contributed by atoms with E-state index in [-0.39, 0.29) is 5.91 Å². The molecule has 0 saturated carbocycles. The van der Waals surface area contributed by atoms with Gasteiger partial charge < -0.3 is 11.5 Å². The number of nitrogen functional groups attached to an aromatic ring is 1. The molecular weight excluding hydrogens is 240 g/mol. The molecule has 2 rings (SSSR count). The Hall–Kier alpha value is -1.62. The Bertz CT molecular complexity index is 435. The second kappa shape index (κ2) is 6.52. The second-order valence-corrected chi connectivity index (χ2v) is 5.30. The van der Waals surface area contributed by atoms with Crippen molar-refractivity contribution in [2.75, 3.05) is 18.8 Å². The minimum atomic E-state index is -0.200. The standard InChI is InChI=1S/C14H22N4O/c15-13(19)6-5-11-3-2-8-18(9-11)10-12-4-1-7-17-14(12)16/h1,4,7,11H,2-3,5-6,8-10H2,(H2,15,19)(H2,16,17)/t11-/m1/s1. The molecule has 1 atom stereocenters. The fourth-order valence-corrected chi connectivity index (χ4v) is 2.70. The van der Waals surface area contributed by atoms with Crippen LogP contribution in [0.25, 0.3) is 0 Å². The van der Waals surface area contributed by atoms with Crippen LogP contribution < -0.4 is 11.5 Å². The van der Waals surface area contributed by atoms with E-state index in [0.717, 1.165) is 31.6 Å². The molecular formula is C14H22N4O. The van der Waals surface area contributed by atoms with Crippen LogP contribution in [0.2, 0.25) is 0 Å². The predicted molar refractivity (Wildman–Crippen MR) is 75.1 cm³/mol. The lowest BCUT2D eigenvalue weighted by atomic mass is 9.93. The first kappa shape index (κ1) is 13.8. The Kier molecular flexibility index (Phi) is 4.74. The summed E-state index contributed by atoms with van der Waals surface area (Å²) >= 11 is 0. The van der Waals surface area contributed by atoms with Gasteiger partial charge in [-0.1, -0.05) is 6.07 Å². The average Bonchev–Trinajstić information content (AvgIpc) is 2.40. The number of carbonyl (C=O) groups is 1. The molecule has 4 N–H and O–H groups in total. The van der Waals surface area contributed by atoms with E-state index in [1.807, 2.05) is 12.1 Å². The van der Waals surface area contributed by atoms with E-state index >= 15 is 0 Å². The molecule has 1 aromatic heterocycles. The maximum absolute atomic E-state index is 10.8. The first-order valence-corrected chi connectivity index (χ1v) is 6.85. The summed E-state index contributed by atoms with van der Waals surface area (Å²) in [5.74, 6) is 0.981. The van der Waals surface area contributed by atoms with Crippen LogP contribution in [0.4, 0.5) is 5.82 Å². The van der Waals surface area contributed by atoms with Crippen molar-refractivity contribution < 1.29 is 4.79 Å². The molecule has 1 amide bonds. The lowest BCUT2D eigenvalue weighted by molar-refractivity contribution is -0.118. The van der Waals surface area contributed by atoms with Crippen molar-refractivity contribution in [2.24, 2.45) is 11.7 Å². The number of aromatic nitrogens is 1. The number of nitrogens with two attached hydrogens (primary N) is 2. The number of rotatable bonds is 5. The first-order chi connectivity index (χ1) is 9.15. The summed E-state index contributed by atoms with van der Waals surface area (Å²) in [6.45, 7) is 2.94. The van der Waals surface area contributed by atoms with Gasteiger partial charge in [-0.15, -0.1) is 0 Å². The third kappa shape index (κ3) is 4.21. The summed E-state index contributed by atoms with van der Waals surface area (Å²) in [5.41, 5.74) is 12.2. The molecule has 0 bridgehead atoms. The third-order valence-corrected chi connectivity index (χ3v) is 3.72. The van der Waals surface area contributed by atoms with Gasteiger partial charge in [0.05, 0.1) is 0 Å². The molecule has 1 saturated heterocycles. The first-order valence-electron chi connectivity index (χ1n) is 6.85. The largest absolute Gasteiger partial charge is 0.383 e. The molecule has 1 fully saturated rings. The van der Waals surface area contributed by atoms with Gasteiger partial charge in [0.2, 0.25) is 5.91 Å². The molecule has 1 aliphatic rings. The molecule has 104 valence electrons. The van der Waals surface area contributed by atoms with E-state index in [1.54, 1.807) is 6.20 Å². The van der Waals surface area contributed by atoms with Gasteiger partial charge in [0.15, 0.2) is 0 Å². The smallest absolute Gasteiger partial charge is 0.217 e. The number of nitrogens with zero attached hydrogens (tertiary/aromatic N) is 2. The van der Waals surface area contributed by atoms with Gasteiger partial charge in [-0.05, 0) is 37.8 Å². The fraction of sp³-hybridized carbons (Fsp3) is 0.571. The van der Waals surface area contributed by atoms with Gasteiger partial charge in [0, 0.05) is 31.3 Å². The number of carbonyl (C=O) groups excluding carboxylic acids is 1. The van der Waals surface area contributed by atoms with Gasteiger partial charge in [-0.25, -0.2) is 4.98 Å². The van der Waals surface area contributed by atoms with Crippen LogP contribution in [0.5, 0.6) is 0 Å². The summed E-state index contributed by atoms with van der Waals surface area (Å²) in [5, 5.41) is 0. The van der Waals surface area contributed by atoms with Crippen LogP contribution in [0.15, 0.2) is 18.3 Å². The number of amides is 1. The van der Waals surface area contributed by atoms with Gasteiger partial charge in [-0.3, -0.25) is 9.69 Å². The molecule has 1 aromatic rings. The van der Waals surface area contributed by atoms with Crippen molar-refractivity contribution in [3.8, 4) is 0 Å². The number of hydrogen-bond acceptors (Lipinski definition) is 4. The van der Waals surface area contributed by atoms with Crippen LogP contribution in [0.3, 0.4) is 0 Å². The normalized spacial score (nSPS) is 20.3. The van der Waals surface area contributed by atoms with E-state index in [9.17, 15) is 4.79 Å². The Labute approximate surface area is 114 Å². The SMILES string of the molecule is NC(=O)CC[C@H]1CCCN(Cc2cccnc2N)C1. The van der Waals surface area contributed by atoms with Crippen molar-refractivity contribution in [3.63, 3.8) is 0 Å². The Balaban J connectivity index is 1.87. The van der Waals surface area contributed by atoms with Crippen molar-refractivity contribution in [1.29, 1.82) is 0 Å². The van der Waals surface area contributed by atoms with E-state index in [1.165, 1.54) is 12.8 Å². The molecule has 0 radical (unpaired) electrons. The minimum Gasteiger partial charge on any atom is -0.383 e. The molecule has 5 nitrogen and oxygen atoms in total. The van der Waals surface area contributed by atoms with Crippen molar-refractivity contribution in [3.05, 3.63) is 23.9 Å². The van der Waals surface area contributed by atoms with Crippen molar-refractivity contribution in [1.82, 2.24) is 9.88 Å². The van der Waals surface area contributed by atoms with Crippen molar-refractivity contribution in [2.45, 2.75) is 32.2 Å². The van der Waals surface area contributed by atoms with Gasteiger partial charge in [0.1, 0.15) is 5.82 Å². The minimum absolute atomic E-state index is 0.200. The zero-order valence-corrected chi connectivity index (χ0v) is 11.2. The summed E-state index contributed by atoms with van der Waals surface area (Å²) in [7, 11) is 0. The number of primary amides is 1. The molecule has 0 spiro atoms. The van der Waals surface area contributed by atoms with Gasteiger partial charge in [0.25, 0.3) is 0 Å². The Morgan fingerprint density at radius 1 is 1.53 bits per heavy atom. The van der Waals surface area contributed by atoms with E-state index in [0.29, 0.717) is 18.2 Å². The summed E-state index contributed by atoms with van der Waals surface area (Å²) < 4.78 is 0. The van der Waals surface area contributed by atoms with E-state index in [2.05, 4.69) is 9.88 Å². The molecule has 1 aliphatic heterocycles. The highest BCUT2D eigenvalue weighted by Crippen LogP contribution is 2.23. The monoisotopic (exact) mass is 262 g/mol. The zero-order valence-electron chi connectivity index (χ0n) is 11.2. The van der Waals surface area contributed by atoms with Crippen LogP contribution in [0, 0.1) is 5.92 Å². The fourth-order valence-electron chi connectivity index (χ4n) is 2.70. The highest BCUT2D eigenvalue weighted by atomic mass is 16.1. The Morgan fingerprint density at radius 3 is 3.11 bits per heavy atom. The summed E-state index contributed by atoms with van der Waals surface area (Å²) in [6.07, 6.45) is 5.46. The maximum atomic E-state index is 10.8. The predicted octanol–water partition coefficient (Wildman–Crippen LogP) is 1.14. The van der Waals surface area contributed by atoms with Gasteiger partial charge >= 0.3 is 0 Å². The van der Waals surface area contributed by atoms with E-state index in [4.69, 9.17) is 11.5 Å². The van der Waals surface area contributed by atoms with Crippen LogP contribution in [-0.2, 0) is 11.3 Å². The van der Waals surface area contributed by atoms with Gasteiger partial charge in [-0.2, -0.15) is 0 Å². The summed E-state index contributed by atoms with van der Waals surface area (Å²) in [4.78, 5) is 17.3. The summed E-state index contributed by atoms with van der Waals surface area (Å²) in [6, 6.07) is 3.94. The molecule has 0 unspecified atom stereocenters. The third-order valence-electron chi connectivity index (χ3n) is 3.72. The number of likely N-dealkylation sites (tertiary alicyclic amines) is 1. The number of piperidine rings is 1. The lowest BCUT2D eigenvalue weighted by Gasteiger charge is -2.32. The molecule has 0 aromatic carbocycles. The number of pyridine rings is 1. The average molecular weight is 262 g/mol. The Morgan fingerprint density at radius 2 is 2.37 bits per heavy atom. The highest BCUT2D eigenvalue weighted by Gasteiger charge is 2.20. The number of anilines is 1. The quantitative estimate of drug-likeness (QED) is 0.833. The van der Waals surface area contributed by atoms with Crippen LogP contribution in [-0.4, -0.2) is 28.9 Å². The maximum Gasteiger partial charge on any atom is 0.217 e. The zero-order chi connectivity index (χ0) is 13.7. The molecule has 2 heterocycles. The highest BCUT2D eigenvalue weighted by molar-refractivity contribution is 5.73. The lowest BCUT2D eigenvalue weighted by Crippen LogP contribution is -2.35.